The molecule has 0 aliphatic carbocycles. The van der Waals surface area contributed by atoms with Crippen LogP contribution in [0.15, 0.2) is 83.8 Å². The minimum absolute atomic E-state index is 0.0996. The molecule has 2 N–H and O–H groups in total. The molecule has 0 spiro atoms. The number of sulfonamides is 1. The van der Waals surface area contributed by atoms with E-state index in [9.17, 15) is 13.2 Å². The van der Waals surface area contributed by atoms with Crippen LogP contribution >= 0.6 is 12.2 Å². The van der Waals surface area contributed by atoms with Crippen LogP contribution in [0.4, 0.5) is 5.69 Å². The Morgan fingerprint density at radius 3 is 2.19 bits per heavy atom. The molecular weight excluding hydrogens is 446 g/mol. The van der Waals surface area contributed by atoms with Crippen LogP contribution < -0.4 is 15.4 Å². The topological polar surface area (TPSA) is 87.7 Å². The van der Waals surface area contributed by atoms with E-state index in [2.05, 4.69) is 10.6 Å². The van der Waals surface area contributed by atoms with E-state index < -0.39 is 10.0 Å². The number of benzene rings is 3. The van der Waals surface area contributed by atoms with Crippen LogP contribution in [0.5, 0.6) is 5.75 Å². The van der Waals surface area contributed by atoms with Gasteiger partial charge < -0.3 is 10.1 Å². The smallest absolute Gasteiger partial charge is 0.257 e. The van der Waals surface area contributed by atoms with Crippen molar-refractivity contribution in [2.45, 2.75) is 11.4 Å². The molecule has 0 bridgehead atoms. The van der Waals surface area contributed by atoms with Gasteiger partial charge in [-0.15, -0.1) is 0 Å². The van der Waals surface area contributed by atoms with Crippen LogP contribution in [0, 0.1) is 0 Å². The van der Waals surface area contributed by atoms with Crippen LogP contribution in [-0.2, 0) is 16.6 Å². The predicted molar refractivity (Wildman–Crippen MR) is 128 cm³/mol. The molecule has 0 saturated heterocycles. The molecule has 0 unspecified atom stereocenters. The van der Waals surface area contributed by atoms with Crippen LogP contribution in [0.25, 0.3) is 0 Å². The molecule has 32 heavy (non-hydrogen) atoms. The second-order valence-electron chi connectivity index (χ2n) is 6.91. The number of anilines is 1. The van der Waals surface area contributed by atoms with E-state index in [0.29, 0.717) is 17.0 Å². The number of nitrogens with one attached hydrogen (secondary N) is 2. The van der Waals surface area contributed by atoms with Gasteiger partial charge in [0.1, 0.15) is 5.75 Å². The van der Waals surface area contributed by atoms with Crippen molar-refractivity contribution in [2.24, 2.45) is 0 Å². The van der Waals surface area contributed by atoms with Crippen molar-refractivity contribution >= 4 is 38.9 Å². The lowest BCUT2D eigenvalue weighted by molar-refractivity contribution is 0.0977. The number of nitrogens with zero attached hydrogens (tertiary/aromatic N) is 1. The van der Waals surface area contributed by atoms with E-state index in [0.717, 1.165) is 5.56 Å². The number of hydrogen-bond acceptors (Lipinski definition) is 5. The summed E-state index contributed by atoms with van der Waals surface area (Å²) in [6.07, 6.45) is 0. The van der Waals surface area contributed by atoms with Gasteiger partial charge in [-0.2, -0.15) is 4.31 Å². The van der Waals surface area contributed by atoms with Crippen molar-refractivity contribution < 1.29 is 17.9 Å². The summed E-state index contributed by atoms with van der Waals surface area (Å²) in [7, 11) is -0.563. The van der Waals surface area contributed by atoms with Crippen LogP contribution in [0.3, 0.4) is 0 Å². The number of methoxy groups -OCH3 is 1. The first kappa shape index (κ1) is 23.4. The molecule has 0 atom stereocenters. The zero-order valence-electron chi connectivity index (χ0n) is 17.6. The Kier molecular flexibility index (Phi) is 7.57. The number of hydrogen-bond donors (Lipinski definition) is 2. The lowest BCUT2D eigenvalue weighted by Crippen LogP contribution is -2.34. The molecule has 7 nitrogen and oxygen atoms in total. The third-order valence-corrected chi connectivity index (χ3v) is 6.67. The summed E-state index contributed by atoms with van der Waals surface area (Å²) in [6, 6.07) is 22.2. The molecule has 0 aliphatic rings. The Balaban J connectivity index is 1.60. The van der Waals surface area contributed by atoms with E-state index in [1.54, 1.807) is 50.6 Å². The summed E-state index contributed by atoms with van der Waals surface area (Å²) in [5.41, 5.74) is 1.88. The van der Waals surface area contributed by atoms with E-state index in [1.807, 2.05) is 30.3 Å². The SMILES string of the molecule is COc1ccc(C(=O)NC(=S)Nc2ccc(S(=O)(=O)N(C)Cc3ccccc3)cc2)cc1. The average molecular weight is 470 g/mol. The largest absolute Gasteiger partial charge is 0.497 e. The van der Waals surface area contributed by atoms with Gasteiger partial charge in [0.25, 0.3) is 5.91 Å². The lowest BCUT2D eigenvalue weighted by atomic mass is 10.2. The second-order valence-corrected chi connectivity index (χ2v) is 9.36. The maximum atomic E-state index is 12.8. The Morgan fingerprint density at radius 1 is 0.969 bits per heavy atom. The van der Waals surface area contributed by atoms with Crippen molar-refractivity contribution in [1.29, 1.82) is 0 Å². The molecule has 9 heteroatoms. The molecule has 0 aliphatic heterocycles. The first-order chi connectivity index (χ1) is 15.3. The minimum Gasteiger partial charge on any atom is -0.497 e. The van der Waals surface area contributed by atoms with Crippen LogP contribution in [0.2, 0.25) is 0 Å². The first-order valence-electron chi connectivity index (χ1n) is 9.66. The summed E-state index contributed by atoms with van der Waals surface area (Å²) >= 11 is 5.19. The summed E-state index contributed by atoms with van der Waals surface area (Å²) in [6.45, 7) is 0.269. The fourth-order valence-electron chi connectivity index (χ4n) is 2.90. The Bertz CT molecular complexity index is 1180. The quantitative estimate of drug-likeness (QED) is 0.514. The van der Waals surface area contributed by atoms with Gasteiger partial charge in [0.2, 0.25) is 10.0 Å². The van der Waals surface area contributed by atoms with Crippen molar-refractivity contribution in [3.63, 3.8) is 0 Å². The van der Waals surface area contributed by atoms with Gasteiger partial charge in [-0.3, -0.25) is 10.1 Å². The summed E-state index contributed by atoms with van der Waals surface area (Å²) in [5.74, 6) is 0.276. The molecule has 1 amide bonds. The van der Waals surface area contributed by atoms with Crippen molar-refractivity contribution in [1.82, 2.24) is 9.62 Å². The maximum absolute atomic E-state index is 12.8. The van der Waals surface area contributed by atoms with E-state index in [4.69, 9.17) is 17.0 Å². The molecule has 166 valence electrons. The van der Waals surface area contributed by atoms with Crippen molar-refractivity contribution in [3.8, 4) is 5.75 Å². The number of carbonyl (C=O) groups is 1. The number of rotatable bonds is 7. The Hall–Kier alpha value is -3.27. The zero-order chi connectivity index (χ0) is 23.1. The standard InChI is InChI=1S/C23H23N3O4S2/c1-26(16-17-6-4-3-5-7-17)32(28,29)21-14-10-19(11-15-21)24-23(31)25-22(27)18-8-12-20(30-2)13-9-18/h3-15H,16H2,1-2H3,(H2,24,25,27,31). The molecule has 3 aromatic carbocycles. The fraction of sp³-hybridized carbons (Fsp3) is 0.130. The third kappa shape index (κ3) is 5.91. The number of thiocarbonyl (C=S) groups is 1. The molecule has 3 rings (SSSR count). The molecule has 0 aromatic heterocycles. The van der Waals surface area contributed by atoms with Gasteiger partial charge >= 0.3 is 0 Å². The maximum Gasteiger partial charge on any atom is 0.257 e. The molecular formula is C23H23N3O4S2. The molecule has 3 aromatic rings. The van der Waals surface area contributed by atoms with E-state index >= 15 is 0 Å². The molecule has 0 radical (unpaired) electrons. The number of ether oxygens (including phenoxy) is 1. The second kappa shape index (κ2) is 10.4. The van der Waals surface area contributed by atoms with Crippen molar-refractivity contribution in [2.75, 3.05) is 19.5 Å². The van der Waals surface area contributed by atoms with Gasteiger partial charge in [0.15, 0.2) is 5.11 Å². The lowest BCUT2D eigenvalue weighted by Gasteiger charge is -2.17. The minimum atomic E-state index is -3.65. The Labute approximate surface area is 193 Å². The fourth-order valence-corrected chi connectivity index (χ4v) is 4.27. The normalized spacial score (nSPS) is 11.1. The highest BCUT2D eigenvalue weighted by atomic mass is 32.2. The van der Waals surface area contributed by atoms with E-state index in [-0.39, 0.29) is 22.5 Å². The molecule has 0 fully saturated rings. The van der Waals surface area contributed by atoms with Gasteiger partial charge in [-0.25, -0.2) is 8.42 Å². The summed E-state index contributed by atoms with van der Waals surface area (Å²) < 4.78 is 32.0. The van der Waals surface area contributed by atoms with Gasteiger partial charge in [-0.05, 0) is 66.3 Å². The number of amides is 1. The van der Waals surface area contributed by atoms with E-state index in [1.165, 1.54) is 16.4 Å². The molecule has 0 saturated carbocycles. The monoisotopic (exact) mass is 469 g/mol. The predicted octanol–water partition coefficient (Wildman–Crippen LogP) is 3.64. The summed E-state index contributed by atoms with van der Waals surface area (Å²) in [4.78, 5) is 12.5. The van der Waals surface area contributed by atoms with Crippen LogP contribution in [0.1, 0.15) is 15.9 Å². The van der Waals surface area contributed by atoms with Gasteiger partial charge in [-0.1, -0.05) is 30.3 Å². The zero-order valence-corrected chi connectivity index (χ0v) is 19.2. The summed E-state index contributed by atoms with van der Waals surface area (Å²) in [5, 5.41) is 5.57. The third-order valence-electron chi connectivity index (χ3n) is 4.65. The Morgan fingerprint density at radius 2 is 1.59 bits per heavy atom. The number of carbonyl (C=O) groups excluding carboxylic acids is 1. The highest BCUT2D eigenvalue weighted by molar-refractivity contribution is 7.89. The van der Waals surface area contributed by atoms with Gasteiger partial charge in [0, 0.05) is 24.8 Å². The highest BCUT2D eigenvalue weighted by Crippen LogP contribution is 2.19. The van der Waals surface area contributed by atoms with Crippen molar-refractivity contribution in [3.05, 3.63) is 90.0 Å². The van der Waals surface area contributed by atoms with Gasteiger partial charge in [0.05, 0.1) is 12.0 Å². The first-order valence-corrected chi connectivity index (χ1v) is 11.5. The molecule has 0 heterocycles. The average Bonchev–Trinajstić information content (AvgIpc) is 2.80. The highest BCUT2D eigenvalue weighted by Gasteiger charge is 2.21. The van der Waals surface area contributed by atoms with Crippen LogP contribution in [-0.4, -0.2) is 37.9 Å².